The zero-order chi connectivity index (χ0) is 15.8. The SMILES string of the molecule is CC(N)(c1ccc(F)cc1)c1ccc(C(F)(F)F)c(F)c1. The van der Waals surface area contributed by atoms with E-state index in [-0.39, 0.29) is 5.56 Å². The molecule has 0 aliphatic carbocycles. The van der Waals surface area contributed by atoms with E-state index in [1.807, 2.05) is 0 Å². The molecule has 0 spiro atoms. The molecule has 2 N–H and O–H groups in total. The Bertz CT molecular complexity index is 644. The van der Waals surface area contributed by atoms with Gasteiger partial charge in [0, 0.05) is 0 Å². The van der Waals surface area contributed by atoms with E-state index in [1.54, 1.807) is 0 Å². The highest BCUT2D eigenvalue weighted by atomic mass is 19.4. The van der Waals surface area contributed by atoms with Crippen LogP contribution in [0.25, 0.3) is 0 Å². The van der Waals surface area contributed by atoms with Crippen molar-refractivity contribution in [3.63, 3.8) is 0 Å². The minimum atomic E-state index is -4.76. The highest BCUT2D eigenvalue weighted by molar-refractivity contribution is 5.39. The van der Waals surface area contributed by atoms with Gasteiger partial charge in [0.2, 0.25) is 0 Å². The number of alkyl halides is 3. The molecule has 21 heavy (non-hydrogen) atoms. The summed E-state index contributed by atoms with van der Waals surface area (Å²) < 4.78 is 64.1. The fourth-order valence-electron chi connectivity index (χ4n) is 2.03. The summed E-state index contributed by atoms with van der Waals surface area (Å²) in [7, 11) is 0. The molecule has 2 rings (SSSR count). The number of hydrogen-bond acceptors (Lipinski definition) is 1. The Kier molecular flexibility index (Phi) is 3.76. The fourth-order valence-corrected chi connectivity index (χ4v) is 2.03. The number of nitrogens with two attached hydrogens (primary N) is 1. The summed E-state index contributed by atoms with van der Waals surface area (Å²) in [6.45, 7) is 1.52. The number of rotatable bonds is 2. The molecular formula is C15H12F5N. The lowest BCUT2D eigenvalue weighted by Gasteiger charge is -2.26. The molecule has 0 saturated heterocycles. The molecule has 6 heteroatoms. The molecule has 0 aliphatic rings. The summed E-state index contributed by atoms with van der Waals surface area (Å²) in [6.07, 6.45) is -4.76. The van der Waals surface area contributed by atoms with Gasteiger partial charge < -0.3 is 5.73 Å². The molecule has 0 fully saturated rings. The highest BCUT2D eigenvalue weighted by Crippen LogP contribution is 2.34. The van der Waals surface area contributed by atoms with Crippen LogP contribution in [-0.2, 0) is 11.7 Å². The van der Waals surface area contributed by atoms with Crippen LogP contribution in [0.15, 0.2) is 42.5 Å². The van der Waals surface area contributed by atoms with E-state index in [2.05, 4.69) is 0 Å². The number of hydrogen-bond donors (Lipinski definition) is 1. The topological polar surface area (TPSA) is 26.0 Å². The molecule has 0 bridgehead atoms. The van der Waals surface area contributed by atoms with Gasteiger partial charge in [-0.25, -0.2) is 8.78 Å². The van der Waals surface area contributed by atoms with Crippen LogP contribution in [0.5, 0.6) is 0 Å². The van der Waals surface area contributed by atoms with E-state index < -0.39 is 28.9 Å². The van der Waals surface area contributed by atoms with E-state index in [9.17, 15) is 22.0 Å². The molecule has 0 aliphatic heterocycles. The Morgan fingerprint density at radius 3 is 1.86 bits per heavy atom. The Balaban J connectivity index is 2.46. The summed E-state index contributed by atoms with van der Waals surface area (Å²) in [6, 6.07) is 7.71. The van der Waals surface area contributed by atoms with Gasteiger partial charge in [-0.2, -0.15) is 13.2 Å². The van der Waals surface area contributed by atoms with Gasteiger partial charge in [-0.05, 0) is 42.3 Å². The molecule has 0 saturated carbocycles. The first-order valence-corrected chi connectivity index (χ1v) is 6.04. The molecule has 1 atom stereocenters. The van der Waals surface area contributed by atoms with E-state index >= 15 is 0 Å². The smallest absolute Gasteiger partial charge is 0.318 e. The normalized spacial score (nSPS) is 14.8. The third kappa shape index (κ3) is 3.05. The molecule has 0 heterocycles. The molecule has 2 aromatic carbocycles. The quantitative estimate of drug-likeness (QED) is 0.826. The number of halogens is 5. The minimum absolute atomic E-state index is 0.166. The lowest BCUT2D eigenvalue weighted by molar-refractivity contribution is -0.140. The van der Waals surface area contributed by atoms with Gasteiger partial charge in [-0.1, -0.05) is 18.2 Å². The molecule has 0 radical (unpaired) electrons. The zero-order valence-corrected chi connectivity index (χ0v) is 11.0. The van der Waals surface area contributed by atoms with Crippen LogP contribution in [0.2, 0.25) is 0 Å². The summed E-state index contributed by atoms with van der Waals surface area (Å²) in [5.41, 5.74) is 4.11. The largest absolute Gasteiger partial charge is 0.419 e. The maximum absolute atomic E-state index is 13.6. The van der Waals surface area contributed by atoms with Crippen molar-refractivity contribution in [1.29, 1.82) is 0 Å². The van der Waals surface area contributed by atoms with Crippen molar-refractivity contribution in [1.82, 2.24) is 0 Å². The van der Waals surface area contributed by atoms with Crippen LogP contribution in [-0.4, -0.2) is 0 Å². The Labute approximate surface area is 118 Å². The monoisotopic (exact) mass is 301 g/mol. The second kappa shape index (κ2) is 5.11. The molecule has 2 aromatic rings. The van der Waals surface area contributed by atoms with E-state index in [4.69, 9.17) is 5.73 Å². The van der Waals surface area contributed by atoms with Gasteiger partial charge in [0.1, 0.15) is 11.6 Å². The van der Waals surface area contributed by atoms with Gasteiger partial charge in [-0.3, -0.25) is 0 Å². The second-order valence-corrected chi connectivity index (χ2v) is 4.90. The van der Waals surface area contributed by atoms with Gasteiger partial charge in [0.05, 0.1) is 11.1 Å². The van der Waals surface area contributed by atoms with E-state index in [1.165, 1.54) is 31.2 Å². The first-order chi connectivity index (χ1) is 9.62. The van der Waals surface area contributed by atoms with Crippen molar-refractivity contribution in [2.75, 3.05) is 0 Å². The van der Waals surface area contributed by atoms with Crippen LogP contribution in [0.4, 0.5) is 22.0 Å². The van der Waals surface area contributed by atoms with Gasteiger partial charge in [0.15, 0.2) is 0 Å². The molecular weight excluding hydrogens is 289 g/mol. The summed E-state index contributed by atoms with van der Waals surface area (Å²) in [4.78, 5) is 0. The second-order valence-electron chi connectivity index (χ2n) is 4.90. The molecule has 1 unspecified atom stereocenters. The maximum Gasteiger partial charge on any atom is 0.419 e. The number of benzene rings is 2. The molecule has 1 nitrogen and oxygen atoms in total. The molecule has 112 valence electrons. The molecule has 0 amide bonds. The predicted molar refractivity (Wildman–Crippen MR) is 68.4 cm³/mol. The van der Waals surface area contributed by atoms with E-state index in [0.717, 1.165) is 12.1 Å². The maximum atomic E-state index is 13.6. The molecule has 0 aromatic heterocycles. The zero-order valence-electron chi connectivity index (χ0n) is 11.0. The Hall–Kier alpha value is -1.95. The van der Waals surface area contributed by atoms with Crippen molar-refractivity contribution in [3.05, 3.63) is 70.8 Å². The van der Waals surface area contributed by atoms with Crippen LogP contribution in [0.1, 0.15) is 23.6 Å². The summed E-state index contributed by atoms with van der Waals surface area (Å²) in [5.74, 6) is -1.85. The third-order valence-electron chi connectivity index (χ3n) is 3.32. The van der Waals surface area contributed by atoms with Crippen molar-refractivity contribution in [2.45, 2.75) is 18.6 Å². The summed E-state index contributed by atoms with van der Waals surface area (Å²) >= 11 is 0. The van der Waals surface area contributed by atoms with Crippen molar-refractivity contribution in [3.8, 4) is 0 Å². The lowest BCUT2D eigenvalue weighted by atomic mass is 9.85. The fraction of sp³-hybridized carbons (Fsp3) is 0.200. The third-order valence-corrected chi connectivity index (χ3v) is 3.32. The van der Waals surface area contributed by atoms with Crippen LogP contribution in [0.3, 0.4) is 0 Å². The van der Waals surface area contributed by atoms with E-state index in [0.29, 0.717) is 11.6 Å². The first kappa shape index (κ1) is 15.4. The van der Waals surface area contributed by atoms with Crippen molar-refractivity contribution in [2.24, 2.45) is 5.73 Å². The highest BCUT2D eigenvalue weighted by Gasteiger charge is 2.35. The van der Waals surface area contributed by atoms with Gasteiger partial charge in [0.25, 0.3) is 0 Å². The van der Waals surface area contributed by atoms with Crippen molar-refractivity contribution >= 4 is 0 Å². The standard InChI is InChI=1S/C15H12F5N/c1-14(21,9-2-5-11(16)6-3-9)10-4-7-12(13(17)8-10)15(18,19)20/h2-8H,21H2,1H3. The Morgan fingerprint density at radius 1 is 0.857 bits per heavy atom. The van der Waals surface area contributed by atoms with Crippen molar-refractivity contribution < 1.29 is 22.0 Å². The van der Waals surface area contributed by atoms with Crippen LogP contribution < -0.4 is 5.73 Å². The van der Waals surface area contributed by atoms with Gasteiger partial charge in [-0.15, -0.1) is 0 Å². The summed E-state index contributed by atoms with van der Waals surface area (Å²) in [5, 5.41) is 0. The Morgan fingerprint density at radius 2 is 1.38 bits per heavy atom. The average Bonchev–Trinajstić information content (AvgIpc) is 2.37. The average molecular weight is 301 g/mol. The lowest BCUT2D eigenvalue weighted by Crippen LogP contribution is -2.34. The minimum Gasteiger partial charge on any atom is -0.318 e. The first-order valence-electron chi connectivity index (χ1n) is 6.04. The van der Waals surface area contributed by atoms with Gasteiger partial charge >= 0.3 is 6.18 Å². The van der Waals surface area contributed by atoms with Crippen LogP contribution >= 0.6 is 0 Å². The predicted octanol–water partition coefficient (Wildman–Crippen LogP) is 4.21. The van der Waals surface area contributed by atoms with Crippen LogP contribution in [0, 0.1) is 11.6 Å².